The highest BCUT2D eigenvalue weighted by atomic mass is 16.5. The molecule has 0 bridgehead atoms. The highest BCUT2D eigenvalue weighted by Gasteiger charge is 2.09. The molecule has 2 rings (SSSR count). The van der Waals surface area contributed by atoms with E-state index in [1.165, 1.54) is 0 Å². The highest BCUT2D eigenvalue weighted by Crippen LogP contribution is 2.06. The minimum absolute atomic E-state index is 0.240. The third-order valence-corrected chi connectivity index (χ3v) is 2.66. The second-order valence-electron chi connectivity index (χ2n) is 4.21. The smallest absolute Gasteiger partial charge is 0.286 e. The van der Waals surface area contributed by atoms with E-state index in [0.717, 1.165) is 12.2 Å². The number of nitrogens with one attached hydrogen (secondary N) is 1. The van der Waals surface area contributed by atoms with Crippen molar-refractivity contribution in [2.75, 3.05) is 13.2 Å². The van der Waals surface area contributed by atoms with E-state index in [4.69, 9.17) is 19.3 Å². The summed E-state index contributed by atoms with van der Waals surface area (Å²) < 4.78 is 15.8. The molecule has 0 fully saturated rings. The van der Waals surface area contributed by atoms with Gasteiger partial charge in [0.25, 0.3) is 5.91 Å². The Kier molecular flexibility index (Phi) is 5.40. The fourth-order valence-electron chi connectivity index (χ4n) is 1.64. The zero-order valence-corrected chi connectivity index (χ0v) is 11.1. The Hall–Kier alpha value is -2.05. The molecule has 0 radical (unpaired) electrons. The Labute approximate surface area is 116 Å². The molecular weight excluding hydrogens is 260 g/mol. The average molecular weight is 278 g/mol. The molecule has 0 aliphatic rings. The average Bonchev–Trinajstić information content (AvgIpc) is 3.13. The van der Waals surface area contributed by atoms with Crippen LogP contribution in [0, 0.1) is 0 Å². The molecule has 0 aliphatic carbocycles. The number of carbonyl (C=O) groups is 1. The van der Waals surface area contributed by atoms with Gasteiger partial charge in [-0.3, -0.25) is 4.79 Å². The normalized spacial score (nSPS) is 10.7. The summed E-state index contributed by atoms with van der Waals surface area (Å²) in [6.45, 7) is 1.80. The van der Waals surface area contributed by atoms with Gasteiger partial charge in [-0.2, -0.15) is 0 Å². The number of amides is 1. The topological polar surface area (TPSA) is 90.6 Å². The van der Waals surface area contributed by atoms with Crippen LogP contribution in [0.4, 0.5) is 0 Å². The molecule has 0 spiro atoms. The summed E-state index contributed by atoms with van der Waals surface area (Å²) in [5.41, 5.74) is 5.41. The Morgan fingerprint density at radius 1 is 1.30 bits per heavy atom. The number of carbonyl (C=O) groups excluding carboxylic acids is 1. The molecule has 6 nitrogen and oxygen atoms in total. The second-order valence-corrected chi connectivity index (χ2v) is 4.21. The van der Waals surface area contributed by atoms with E-state index in [2.05, 4.69) is 5.32 Å². The lowest BCUT2D eigenvalue weighted by Gasteiger charge is -2.04. The minimum atomic E-state index is -0.240. The lowest BCUT2D eigenvalue weighted by Crippen LogP contribution is -2.24. The summed E-state index contributed by atoms with van der Waals surface area (Å²) in [6.07, 6.45) is 2.33. The molecular formula is C14H18N2O4. The number of ether oxygens (including phenoxy) is 1. The van der Waals surface area contributed by atoms with Gasteiger partial charge in [0.05, 0.1) is 12.8 Å². The second kappa shape index (κ2) is 7.52. The van der Waals surface area contributed by atoms with Crippen LogP contribution in [0.3, 0.4) is 0 Å². The molecule has 2 heterocycles. The summed E-state index contributed by atoms with van der Waals surface area (Å²) in [6, 6.07) is 6.98. The van der Waals surface area contributed by atoms with Gasteiger partial charge >= 0.3 is 0 Å². The number of nitrogens with two attached hydrogens (primary N) is 1. The van der Waals surface area contributed by atoms with Crippen molar-refractivity contribution in [3.63, 3.8) is 0 Å². The third-order valence-electron chi connectivity index (χ3n) is 2.66. The molecule has 0 atom stereocenters. The Morgan fingerprint density at radius 3 is 2.90 bits per heavy atom. The maximum Gasteiger partial charge on any atom is 0.286 e. The van der Waals surface area contributed by atoms with Crippen molar-refractivity contribution in [2.24, 2.45) is 5.73 Å². The maximum atomic E-state index is 11.7. The Morgan fingerprint density at radius 2 is 2.20 bits per heavy atom. The molecule has 2 aromatic heterocycles. The first-order chi connectivity index (χ1) is 9.79. The minimum Gasteiger partial charge on any atom is -0.467 e. The van der Waals surface area contributed by atoms with Crippen molar-refractivity contribution < 1.29 is 18.4 Å². The lowest BCUT2D eigenvalue weighted by molar-refractivity contribution is 0.0892. The van der Waals surface area contributed by atoms with Crippen LogP contribution in [0.1, 0.15) is 28.5 Å². The number of hydrogen-bond acceptors (Lipinski definition) is 5. The van der Waals surface area contributed by atoms with Gasteiger partial charge in [-0.05, 0) is 30.7 Å². The van der Waals surface area contributed by atoms with Crippen molar-refractivity contribution in [1.29, 1.82) is 0 Å². The van der Waals surface area contributed by atoms with Crippen LogP contribution in [0.25, 0.3) is 0 Å². The lowest BCUT2D eigenvalue weighted by atomic mass is 10.4. The first-order valence-corrected chi connectivity index (χ1v) is 6.46. The van der Waals surface area contributed by atoms with E-state index in [-0.39, 0.29) is 18.2 Å². The zero-order valence-electron chi connectivity index (χ0n) is 11.1. The van der Waals surface area contributed by atoms with E-state index < -0.39 is 0 Å². The summed E-state index contributed by atoms with van der Waals surface area (Å²) in [5, 5.41) is 2.75. The van der Waals surface area contributed by atoms with Gasteiger partial charge in [-0.25, -0.2) is 0 Å². The van der Waals surface area contributed by atoms with Crippen LogP contribution >= 0.6 is 0 Å². The molecule has 0 aromatic carbocycles. The molecule has 3 N–H and O–H groups in total. The fourth-order valence-corrected chi connectivity index (χ4v) is 1.64. The third kappa shape index (κ3) is 4.25. The van der Waals surface area contributed by atoms with Gasteiger partial charge in [0.15, 0.2) is 5.76 Å². The van der Waals surface area contributed by atoms with Crippen molar-refractivity contribution in [3.05, 3.63) is 47.8 Å². The molecule has 2 aromatic rings. The van der Waals surface area contributed by atoms with Crippen molar-refractivity contribution >= 4 is 5.91 Å². The van der Waals surface area contributed by atoms with Gasteiger partial charge < -0.3 is 24.6 Å². The van der Waals surface area contributed by atoms with Gasteiger partial charge in [0.1, 0.15) is 18.1 Å². The summed E-state index contributed by atoms with van der Waals surface area (Å²) in [4.78, 5) is 11.7. The molecule has 0 saturated carbocycles. The standard InChI is InChI=1S/C14H18N2O4/c15-9-11-4-5-13(20-11)14(17)16-6-2-7-18-10-12-3-1-8-19-12/h1,3-5,8H,2,6-7,9-10,15H2,(H,16,17). The maximum absolute atomic E-state index is 11.7. The van der Waals surface area contributed by atoms with Gasteiger partial charge in [0, 0.05) is 13.2 Å². The summed E-state index contributed by atoms with van der Waals surface area (Å²) >= 11 is 0. The SMILES string of the molecule is NCc1ccc(C(=O)NCCCOCc2ccco2)o1. The molecule has 20 heavy (non-hydrogen) atoms. The van der Waals surface area contributed by atoms with Crippen LogP contribution < -0.4 is 11.1 Å². The quantitative estimate of drug-likeness (QED) is 0.717. The van der Waals surface area contributed by atoms with Gasteiger partial charge in [0.2, 0.25) is 0 Å². The van der Waals surface area contributed by atoms with Crippen LogP contribution in [0.2, 0.25) is 0 Å². The van der Waals surface area contributed by atoms with Crippen LogP contribution in [-0.2, 0) is 17.9 Å². The Bertz CT molecular complexity index is 519. The molecule has 108 valence electrons. The molecule has 6 heteroatoms. The van der Waals surface area contributed by atoms with Crippen LogP contribution in [0.5, 0.6) is 0 Å². The van der Waals surface area contributed by atoms with Crippen molar-refractivity contribution in [1.82, 2.24) is 5.32 Å². The highest BCUT2D eigenvalue weighted by molar-refractivity contribution is 5.91. The molecule has 0 saturated heterocycles. The molecule has 1 amide bonds. The number of rotatable bonds is 8. The van der Waals surface area contributed by atoms with E-state index in [1.807, 2.05) is 12.1 Å². The fraction of sp³-hybridized carbons (Fsp3) is 0.357. The first kappa shape index (κ1) is 14.4. The van der Waals surface area contributed by atoms with E-state index in [0.29, 0.717) is 25.5 Å². The molecule has 0 unspecified atom stereocenters. The Balaban J connectivity index is 1.57. The monoisotopic (exact) mass is 278 g/mol. The predicted octanol–water partition coefficient (Wildman–Crippen LogP) is 1.67. The van der Waals surface area contributed by atoms with E-state index >= 15 is 0 Å². The van der Waals surface area contributed by atoms with Gasteiger partial charge in [-0.1, -0.05) is 0 Å². The molecule has 0 aliphatic heterocycles. The largest absolute Gasteiger partial charge is 0.467 e. The van der Waals surface area contributed by atoms with Crippen LogP contribution in [-0.4, -0.2) is 19.1 Å². The summed E-state index contributed by atoms with van der Waals surface area (Å²) in [5.74, 6) is 1.42. The van der Waals surface area contributed by atoms with E-state index in [1.54, 1.807) is 18.4 Å². The van der Waals surface area contributed by atoms with Crippen LogP contribution in [0.15, 0.2) is 39.4 Å². The number of furan rings is 2. The van der Waals surface area contributed by atoms with E-state index in [9.17, 15) is 4.79 Å². The first-order valence-electron chi connectivity index (χ1n) is 6.46. The number of hydrogen-bond donors (Lipinski definition) is 2. The van der Waals surface area contributed by atoms with Gasteiger partial charge in [-0.15, -0.1) is 0 Å². The predicted molar refractivity (Wildman–Crippen MR) is 71.9 cm³/mol. The summed E-state index contributed by atoms with van der Waals surface area (Å²) in [7, 11) is 0. The van der Waals surface area contributed by atoms with Crippen molar-refractivity contribution in [2.45, 2.75) is 19.6 Å². The van der Waals surface area contributed by atoms with Crippen molar-refractivity contribution in [3.8, 4) is 0 Å². The zero-order chi connectivity index (χ0) is 14.2.